The summed E-state index contributed by atoms with van der Waals surface area (Å²) in [6.07, 6.45) is 14.2. The second kappa shape index (κ2) is 43.1. The van der Waals surface area contributed by atoms with E-state index in [1.807, 2.05) is 182 Å². The second-order valence-corrected chi connectivity index (χ2v) is 38.7. The van der Waals surface area contributed by atoms with Crippen LogP contribution in [0.2, 0.25) is 0 Å². The van der Waals surface area contributed by atoms with Gasteiger partial charge >= 0.3 is 61.8 Å². The summed E-state index contributed by atoms with van der Waals surface area (Å²) in [5.74, 6) is 1.49. The highest BCUT2D eigenvalue weighted by Crippen LogP contribution is 2.38. The van der Waals surface area contributed by atoms with Gasteiger partial charge in [-0.25, -0.2) is 0 Å². The summed E-state index contributed by atoms with van der Waals surface area (Å²) in [6, 6.07) is 86.9. The lowest BCUT2D eigenvalue weighted by Gasteiger charge is -2.20. The van der Waals surface area contributed by atoms with Gasteiger partial charge in [0, 0.05) is 112 Å². The predicted octanol–water partition coefficient (Wildman–Crippen LogP) is 14.7. The fourth-order valence-corrected chi connectivity index (χ4v) is 16.9. The summed E-state index contributed by atoms with van der Waals surface area (Å²) in [6.45, 7) is 1.98. The van der Waals surface area contributed by atoms with E-state index in [9.17, 15) is 64.9 Å². The summed E-state index contributed by atoms with van der Waals surface area (Å²) in [5, 5.41) is 18.5. The Balaban J connectivity index is 0.000000137. The van der Waals surface area contributed by atoms with E-state index in [1.54, 1.807) is 67.9 Å². The molecule has 696 valence electrons. The number of nitrogens with zero attached hydrogens (tertiary/aromatic N) is 2. The number of benzene rings is 12. The number of carbonyl (C=O) groups excluding carboxylic acids is 1. The van der Waals surface area contributed by atoms with Gasteiger partial charge in [0.15, 0.2) is 16.6 Å². The molecule has 0 saturated heterocycles. The highest BCUT2D eigenvalue weighted by molar-refractivity contribution is 7.86. The van der Waals surface area contributed by atoms with Crippen molar-refractivity contribution in [1.29, 1.82) is 0 Å². The molecule has 0 atom stereocenters. The summed E-state index contributed by atoms with van der Waals surface area (Å²) >= 11 is 0. The highest BCUT2D eigenvalue weighted by Gasteiger charge is 2.27. The molecule has 0 saturated carbocycles. The number of hydrogen-bond acceptors (Lipinski definition) is 24. The molecule has 0 fully saturated rings. The quantitative estimate of drug-likeness (QED) is 0.0367. The Morgan fingerprint density at radius 2 is 0.837 bits per heavy atom. The third-order valence-corrected chi connectivity index (χ3v) is 25.8. The summed E-state index contributed by atoms with van der Waals surface area (Å²) in [4.78, 5) is 40.8. The van der Waals surface area contributed by atoms with Crippen LogP contribution in [0.4, 0.5) is 5.69 Å². The van der Waals surface area contributed by atoms with Crippen molar-refractivity contribution >= 4 is 117 Å². The third kappa shape index (κ3) is 26.7. The Bertz CT molecular complexity index is 7600. The predicted molar refractivity (Wildman–Crippen MR) is 519 cm³/mol. The number of pyridine rings is 1. The number of nitrogens with two attached hydrogens (primary N) is 3. The standard InChI is InChI=1S/C18H17NO5S.C17H18N2O3S.C17H15NO4S.C16H15NO3S.C15H12N2O4S.C15H13NO4S/c1-3-19(2)25(21,22)24-14-9-10-15-17(11-14)23-12-16(18(15)20)13-7-5-4-6-8-13;1-19(2)23(20,21)22-16-9-8-14-10-15(12-18-17(14)11-16)13-6-4-3-5-7-13;1-18-23(20,21)22-14-8-10-16-13(11-14)7-9-15(17(16)19)12-5-3-2-4-6-12;17-21(18,19)20-16-9-8-14-10-13(6-7-15(14)11-16)12-4-2-1-3-5-12;16-22(19,20)21-11-6-7-12-14(8-11)17-9-13(15(12)18)10-4-2-1-3-5-10;16-21(17,18)20-14-7-6-12-8-13(10-19-15(12)9-14)11-4-2-1-3-5-11/h4-12H,3H2,1-2H3;3-9,11-12,18H,10H2,1-2H3;2-6,8-11,18H,7H2,1H3;1-6,8-9,11H,7,10H2,(H2,17,18,19);1-9H,(H,17,18)(H2,16,19,20);1-7,9-10H,8H2,(H2,16,17,18). The van der Waals surface area contributed by atoms with Gasteiger partial charge in [-0.1, -0.05) is 219 Å². The average molecular weight is 1940 g/mol. The van der Waals surface area contributed by atoms with Crippen LogP contribution >= 0.6 is 0 Å². The number of nitrogens with one attached hydrogen (secondary N) is 3. The van der Waals surface area contributed by atoms with Crippen LogP contribution in [0.5, 0.6) is 40.2 Å². The molecule has 14 aromatic rings. The van der Waals surface area contributed by atoms with Crippen molar-refractivity contribution in [3.05, 3.63) is 404 Å². The van der Waals surface area contributed by atoms with Gasteiger partial charge < -0.3 is 44.6 Å². The molecule has 0 radical (unpaired) electrons. The third-order valence-electron chi connectivity index (χ3n) is 20.9. The van der Waals surface area contributed by atoms with Crippen molar-refractivity contribution in [2.75, 3.05) is 40.1 Å². The Labute approximate surface area is 781 Å². The van der Waals surface area contributed by atoms with Gasteiger partial charge in [0.2, 0.25) is 0 Å². The van der Waals surface area contributed by atoms with E-state index < -0.39 is 61.8 Å². The first-order valence-electron chi connectivity index (χ1n) is 41.2. The molecule has 0 unspecified atom stereocenters. The molecule has 2 aliphatic heterocycles. The second-order valence-electron chi connectivity index (χ2n) is 30.3. The SMILES string of the molecule is CCN(C)S(=O)(=O)Oc1ccc2c(=O)c(-c3ccccc3)coc2c1.CN(C)S(=O)(=O)Oc1ccc2c(c1)NC=C(c1ccccc1)C2.CNS(=O)(=O)Oc1ccc2c(c1)CC=C(c1ccccc1)C2=O.NS(=O)(=O)Oc1ccc2c(=O)c(-c3ccccc3)c[nH]c2c1.NS(=O)(=O)Oc1ccc2c(c1)CC=C(c1ccccc1)C2.NS(=O)(=O)Oc1ccc2c(c1)OC=C(c1ccccc1)C2. The van der Waals surface area contributed by atoms with Crippen molar-refractivity contribution in [3.8, 4) is 62.5 Å². The number of hydrogen-bond donors (Lipinski definition) is 6. The molecular weight excluding hydrogens is 1850 g/mol. The van der Waals surface area contributed by atoms with E-state index in [0.717, 1.165) is 83.6 Å². The zero-order valence-electron chi connectivity index (χ0n) is 72.9. The zero-order valence-corrected chi connectivity index (χ0v) is 77.8. The number of ketones is 1. The number of Topliss-reactive ketones (excluding diaryl/α,β-unsaturated/α-hetero) is 1. The van der Waals surface area contributed by atoms with E-state index in [4.69, 9.17) is 41.3 Å². The molecule has 0 amide bonds. The number of carbonyl (C=O) groups is 1. The monoisotopic (exact) mass is 1940 g/mol. The first kappa shape index (κ1) is 98.1. The number of anilines is 1. The van der Waals surface area contributed by atoms with E-state index in [-0.39, 0.29) is 57.5 Å². The van der Waals surface area contributed by atoms with Crippen molar-refractivity contribution in [2.45, 2.75) is 39.0 Å². The van der Waals surface area contributed by atoms with E-state index >= 15 is 0 Å². The average Bonchev–Trinajstić information content (AvgIpc) is 0.813. The van der Waals surface area contributed by atoms with Crippen LogP contribution in [-0.4, -0.2) is 105 Å². The molecule has 37 heteroatoms. The minimum Gasteiger partial charge on any atom is -0.464 e. The maximum absolute atomic E-state index is 12.7. The number of allylic oxidation sites excluding steroid dienone is 6. The number of ether oxygens (including phenoxy) is 1. The van der Waals surface area contributed by atoms with Gasteiger partial charge in [0.25, 0.3) is 0 Å². The molecule has 0 bridgehead atoms. The van der Waals surface area contributed by atoms with Gasteiger partial charge in [-0.2, -0.15) is 79.3 Å². The Morgan fingerprint density at radius 3 is 1.40 bits per heavy atom. The van der Waals surface area contributed by atoms with Crippen LogP contribution in [0.25, 0.3) is 66.4 Å². The topological polar surface area (TPSA) is 458 Å². The van der Waals surface area contributed by atoms with E-state index in [2.05, 4.69) is 53.7 Å². The number of rotatable bonds is 22. The van der Waals surface area contributed by atoms with Crippen LogP contribution < -0.4 is 66.1 Å². The molecule has 4 aliphatic rings. The molecule has 9 N–H and O–H groups in total. The molecule has 135 heavy (non-hydrogen) atoms. The van der Waals surface area contributed by atoms with Crippen LogP contribution in [0.3, 0.4) is 0 Å². The van der Waals surface area contributed by atoms with Gasteiger partial charge in [0.1, 0.15) is 52.1 Å². The molecule has 12 aromatic carbocycles. The van der Waals surface area contributed by atoms with Crippen molar-refractivity contribution in [2.24, 2.45) is 15.4 Å². The molecule has 0 spiro atoms. The number of H-pyrrole nitrogens is 1. The Hall–Kier alpha value is -14.5. The summed E-state index contributed by atoms with van der Waals surface area (Å²) in [7, 11) is -18.0. The zero-order chi connectivity index (χ0) is 96.4. The van der Waals surface area contributed by atoms with Gasteiger partial charge in [-0.3, -0.25) is 14.4 Å². The van der Waals surface area contributed by atoms with Crippen molar-refractivity contribution < 1.29 is 89.6 Å². The normalized spacial score (nSPS) is 13.2. The largest absolute Gasteiger partial charge is 0.464 e. The van der Waals surface area contributed by atoms with Crippen LogP contribution in [0.1, 0.15) is 67.4 Å². The van der Waals surface area contributed by atoms with Gasteiger partial charge in [-0.05, 0) is 164 Å². The molecular formula is C98H90N8O23S6. The minimum absolute atomic E-state index is 0.0399. The first-order valence-corrected chi connectivity index (χ1v) is 49.8. The number of aromatic amines is 1. The minimum atomic E-state index is -4.10. The fraction of sp³-hybridized carbons (Fsp3) is 0.112. The lowest BCUT2D eigenvalue weighted by atomic mass is 9.87. The van der Waals surface area contributed by atoms with Crippen LogP contribution in [-0.2, 0) is 93.9 Å². The van der Waals surface area contributed by atoms with E-state index in [0.29, 0.717) is 62.9 Å². The van der Waals surface area contributed by atoms with E-state index in [1.165, 1.54) is 111 Å². The molecule has 2 aliphatic carbocycles. The summed E-state index contributed by atoms with van der Waals surface area (Å²) < 4.78 is 180. The Kier molecular flexibility index (Phi) is 31.3. The highest BCUT2D eigenvalue weighted by atomic mass is 32.3. The lowest BCUT2D eigenvalue weighted by molar-refractivity contribution is 0.105. The molecule has 4 heterocycles. The maximum atomic E-state index is 12.7. The number of fused-ring (bicyclic) bond motifs is 6. The molecule has 18 rings (SSSR count). The summed E-state index contributed by atoms with van der Waals surface area (Å²) in [5.41, 5.74) is 17.9. The first-order chi connectivity index (χ1) is 64.3. The smallest absolute Gasteiger partial charge is 0.384 e. The van der Waals surface area contributed by atoms with Gasteiger partial charge in [0.05, 0.1) is 22.7 Å². The fourth-order valence-electron chi connectivity index (χ4n) is 14.1. The van der Waals surface area contributed by atoms with Crippen LogP contribution in [0, 0.1) is 0 Å². The van der Waals surface area contributed by atoms with Crippen molar-refractivity contribution in [3.63, 3.8) is 0 Å². The number of aromatic nitrogens is 1. The Morgan fingerprint density at radius 1 is 0.400 bits per heavy atom. The maximum Gasteiger partial charge on any atom is 0.384 e. The van der Waals surface area contributed by atoms with Gasteiger partial charge in [-0.15, -0.1) is 0 Å². The molecule has 2 aromatic heterocycles. The van der Waals surface area contributed by atoms with Crippen molar-refractivity contribution in [1.82, 2.24) is 18.3 Å². The lowest BCUT2D eigenvalue weighted by Crippen LogP contribution is -2.30. The van der Waals surface area contributed by atoms with Crippen LogP contribution in [0.15, 0.2) is 342 Å². The molecule has 31 nitrogen and oxygen atoms in total.